The van der Waals surface area contributed by atoms with E-state index in [1.807, 2.05) is 38.4 Å². The van der Waals surface area contributed by atoms with Gasteiger partial charge in [0.05, 0.1) is 30.2 Å². The van der Waals surface area contributed by atoms with E-state index in [0.717, 1.165) is 72.4 Å². The number of aryl methyl sites for hydroxylation is 1. The van der Waals surface area contributed by atoms with Crippen molar-refractivity contribution in [3.63, 3.8) is 0 Å². The number of pyridine rings is 1. The normalized spacial score (nSPS) is 15.3. The summed E-state index contributed by atoms with van der Waals surface area (Å²) in [6.45, 7) is 6.50. The van der Waals surface area contributed by atoms with Crippen LogP contribution in [0.5, 0.6) is 5.75 Å². The third-order valence-electron chi connectivity index (χ3n) is 6.45. The molecule has 4 rings (SSSR count). The summed E-state index contributed by atoms with van der Waals surface area (Å²) in [4.78, 5) is 6.48. The van der Waals surface area contributed by atoms with Crippen LogP contribution in [-0.2, 0) is 29.0 Å². The van der Waals surface area contributed by atoms with Crippen LogP contribution in [0.25, 0.3) is 11.0 Å². The van der Waals surface area contributed by atoms with Gasteiger partial charge >= 0.3 is 0 Å². The largest absolute Gasteiger partial charge is 0.487 e. The first-order valence-electron chi connectivity index (χ1n) is 12.7. The Morgan fingerprint density at radius 1 is 1.14 bits per heavy atom. The fourth-order valence-corrected chi connectivity index (χ4v) is 4.45. The van der Waals surface area contributed by atoms with Gasteiger partial charge in [-0.3, -0.25) is 4.98 Å². The Labute approximate surface area is 207 Å². The fourth-order valence-electron chi connectivity index (χ4n) is 4.45. The zero-order valence-corrected chi connectivity index (χ0v) is 21.2. The van der Waals surface area contributed by atoms with Crippen LogP contribution in [0.3, 0.4) is 0 Å². The number of hydrogen-bond acceptors (Lipinski definition) is 8. The Kier molecular flexibility index (Phi) is 9.48. The van der Waals surface area contributed by atoms with Crippen molar-refractivity contribution in [3.8, 4) is 5.75 Å². The van der Waals surface area contributed by atoms with E-state index in [0.29, 0.717) is 32.3 Å². The lowest BCUT2D eigenvalue weighted by molar-refractivity contribution is -0.0390. The van der Waals surface area contributed by atoms with Gasteiger partial charge in [-0.15, -0.1) is 0 Å². The average Bonchev–Trinajstić information content (AvgIpc) is 3.53. The fraction of sp³-hybridized carbons (Fsp3) is 0.556. The van der Waals surface area contributed by atoms with Gasteiger partial charge in [-0.25, -0.2) is 0 Å². The first kappa shape index (κ1) is 25.6. The maximum Gasteiger partial charge on any atom is 0.175 e. The number of aromatic nitrogens is 2. The van der Waals surface area contributed by atoms with E-state index in [-0.39, 0.29) is 6.29 Å². The smallest absolute Gasteiger partial charge is 0.175 e. The molecule has 8 nitrogen and oxygen atoms in total. The van der Waals surface area contributed by atoms with E-state index in [1.54, 1.807) is 6.20 Å². The molecule has 3 heterocycles. The summed E-state index contributed by atoms with van der Waals surface area (Å²) in [5.74, 6) is 1.44. The van der Waals surface area contributed by atoms with Crippen LogP contribution in [0.4, 0.5) is 0 Å². The minimum atomic E-state index is -0.0919. The molecule has 1 unspecified atom stereocenters. The lowest BCUT2D eigenvalue weighted by Crippen LogP contribution is -2.29. The highest BCUT2D eigenvalue weighted by atomic mass is 16.7. The second-order valence-electron chi connectivity index (χ2n) is 9.37. The molecular formula is C27H38N4O4. The number of hydrogen-bond donors (Lipinski definition) is 1. The molecule has 0 aliphatic carbocycles. The molecule has 0 radical (unpaired) electrons. The van der Waals surface area contributed by atoms with Gasteiger partial charge in [0.25, 0.3) is 0 Å². The SMILES string of the molecule is CCC(CCNCC1OCCO1)CCc1noc2c(CN(C)C)c(OCc3ccccn3)ccc12. The number of rotatable bonds is 14. The second kappa shape index (κ2) is 13.0. The second-order valence-corrected chi connectivity index (χ2v) is 9.37. The molecule has 35 heavy (non-hydrogen) atoms. The molecule has 8 heteroatoms. The molecule has 0 bridgehead atoms. The van der Waals surface area contributed by atoms with Crippen molar-refractivity contribution in [1.29, 1.82) is 0 Å². The summed E-state index contributed by atoms with van der Waals surface area (Å²) in [5.41, 5.74) is 3.76. The van der Waals surface area contributed by atoms with E-state index < -0.39 is 0 Å². The van der Waals surface area contributed by atoms with Crippen molar-refractivity contribution in [2.45, 2.75) is 52.0 Å². The molecule has 1 fully saturated rings. The number of nitrogens with one attached hydrogen (secondary N) is 1. The molecular weight excluding hydrogens is 444 g/mol. The minimum absolute atomic E-state index is 0.0919. The Hall–Kier alpha value is -2.52. The van der Waals surface area contributed by atoms with Crippen LogP contribution >= 0.6 is 0 Å². The number of fused-ring (bicyclic) bond motifs is 1. The summed E-state index contributed by atoms with van der Waals surface area (Å²) in [5, 5.41) is 9.01. The lowest BCUT2D eigenvalue weighted by Gasteiger charge is -2.16. The van der Waals surface area contributed by atoms with E-state index in [9.17, 15) is 0 Å². The summed E-state index contributed by atoms with van der Waals surface area (Å²) in [6.07, 6.45) is 5.93. The van der Waals surface area contributed by atoms with Gasteiger partial charge < -0.3 is 29.0 Å². The van der Waals surface area contributed by atoms with Crippen LogP contribution in [0.1, 0.15) is 43.1 Å². The molecule has 1 aliphatic rings. The Morgan fingerprint density at radius 2 is 2.00 bits per heavy atom. The van der Waals surface area contributed by atoms with Crippen molar-refractivity contribution in [2.24, 2.45) is 5.92 Å². The third-order valence-corrected chi connectivity index (χ3v) is 6.45. The third kappa shape index (κ3) is 7.24. The average molecular weight is 483 g/mol. The van der Waals surface area contributed by atoms with Crippen LogP contribution in [0, 0.1) is 5.92 Å². The van der Waals surface area contributed by atoms with E-state index >= 15 is 0 Å². The highest BCUT2D eigenvalue weighted by Gasteiger charge is 2.19. The van der Waals surface area contributed by atoms with Crippen molar-refractivity contribution >= 4 is 11.0 Å². The number of benzene rings is 1. The van der Waals surface area contributed by atoms with Gasteiger partial charge in [0, 0.05) is 24.7 Å². The van der Waals surface area contributed by atoms with Crippen LogP contribution in [0.15, 0.2) is 41.1 Å². The molecule has 0 spiro atoms. The Morgan fingerprint density at radius 3 is 2.74 bits per heavy atom. The molecule has 1 aromatic carbocycles. The van der Waals surface area contributed by atoms with Gasteiger partial charge in [-0.05, 0) is 70.1 Å². The molecule has 2 aromatic heterocycles. The van der Waals surface area contributed by atoms with Crippen LogP contribution < -0.4 is 10.1 Å². The van der Waals surface area contributed by atoms with Crippen molar-refractivity contribution < 1.29 is 18.7 Å². The van der Waals surface area contributed by atoms with Crippen molar-refractivity contribution in [1.82, 2.24) is 20.4 Å². The lowest BCUT2D eigenvalue weighted by atomic mass is 9.94. The van der Waals surface area contributed by atoms with Gasteiger partial charge in [0.15, 0.2) is 11.9 Å². The van der Waals surface area contributed by atoms with Crippen LogP contribution in [0.2, 0.25) is 0 Å². The summed E-state index contributed by atoms with van der Waals surface area (Å²) < 4.78 is 23.0. The van der Waals surface area contributed by atoms with E-state index in [1.165, 1.54) is 0 Å². The molecule has 0 amide bonds. The highest BCUT2D eigenvalue weighted by Crippen LogP contribution is 2.32. The molecule has 1 aliphatic heterocycles. The zero-order valence-electron chi connectivity index (χ0n) is 21.2. The Balaban J connectivity index is 1.37. The topological polar surface area (TPSA) is 81.9 Å². The minimum Gasteiger partial charge on any atom is -0.487 e. The van der Waals surface area contributed by atoms with Gasteiger partial charge in [-0.2, -0.15) is 0 Å². The highest BCUT2D eigenvalue weighted by molar-refractivity contribution is 5.84. The molecule has 3 aromatic rings. The van der Waals surface area contributed by atoms with E-state index in [4.69, 9.17) is 18.7 Å². The van der Waals surface area contributed by atoms with Crippen molar-refractivity contribution in [3.05, 3.63) is 53.5 Å². The summed E-state index contributed by atoms with van der Waals surface area (Å²) in [7, 11) is 4.09. The van der Waals surface area contributed by atoms with Crippen LogP contribution in [-0.4, -0.2) is 61.7 Å². The first-order valence-corrected chi connectivity index (χ1v) is 12.7. The van der Waals surface area contributed by atoms with Gasteiger partial charge in [-0.1, -0.05) is 24.6 Å². The first-order chi connectivity index (χ1) is 17.1. The summed E-state index contributed by atoms with van der Waals surface area (Å²) >= 11 is 0. The predicted octanol–water partition coefficient (Wildman–Crippen LogP) is 4.17. The number of ether oxygens (including phenoxy) is 3. The van der Waals surface area contributed by atoms with Crippen molar-refractivity contribution in [2.75, 3.05) is 40.4 Å². The molecule has 1 atom stereocenters. The monoisotopic (exact) mass is 482 g/mol. The standard InChI is InChI=1S/C27H38N4O4/c1-4-20(12-14-28-17-26-32-15-16-33-26)8-10-24-22-9-11-25(34-19-21-7-5-6-13-29-21)23(18-31(2)3)27(22)35-30-24/h5-7,9,11,13,20,26,28H,4,8,10,12,14-19H2,1-3H3. The van der Waals surface area contributed by atoms with E-state index in [2.05, 4.69) is 33.3 Å². The molecule has 0 saturated carbocycles. The quantitative estimate of drug-likeness (QED) is 0.343. The zero-order chi connectivity index (χ0) is 24.5. The molecule has 190 valence electrons. The maximum atomic E-state index is 6.15. The molecule has 1 saturated heterocycles. The Bertz CT molecular complexity index is 1030. The summed E-state index contributed by atoms with van der Waals surface area (Å²) in [6, 6.07) is 9.96. The molecule has 1 N–H and O–H groups in total. The van der Waals surface area contributed by atoms with Gasteiger partial charge in [0.2, 0.25) is 0 Å². The van der Waals surface area contributed by atoms with Gasteiger partial charge in [0.1, 0.15) is 12.4 Å². The number of nitrogens with zero attached hydrogens (tertiary/aromatic N) is 3. The maximum absolute atomic E-state index is 6.15. The predicted molar refractivity (Wildman–Crippen MR) is 135 cm³/mol.